The van der Waals surface area contributed by atoms with Crippen LogP contribution >= 0.6 is 0 Å². The number of amides is 1. The van der Waals surface area contributed by atoms with Crippen LogP contribution in [0.5, 0.6) is 0 Å². The average molecular weight is 521 g/mol. The van der Waals surface area contributed by atoms with E-state index in [0.29, 0.717) is 36.0 Å². The summed E-state index contributed by atoms with van der Waals surface area (Å²) in [5.74, 6) is 0.343. The Morgan fingerprint density at radius 1 is 1.05 bits per heavy atom. The molecular formula is C30H40N4O4. The van der Waals surface area contributed by atoms with Crippen molar-refractivity contribution in [2.45, 2.75) is 72.0 Å². The van der Waals surface area contributed by atoms with Crippen molar-refractivity contribution in [3.05, 3.63) is 59.7 Å². The van der Waals surface area contributed by atoms with Gasteiger partial charge >= 0.3 is 5.97 Å². The molecule has 1 aliphatic rings. The van der Waals surface area contributed by atoms with E-state index in [4.69, 9.17) is 10.1 Å². The molecule has 1 aromatic heterocycles. The van der Waals surface area contributed by atoms with Gasteiger partial charge in [-0.2, -0.15) is 0 Å². The fraction of sp³-hybridized carbons (Fsp3) is 0.500. The number of hydrogen-bond acceptors (Lipinski definition) is 5. The molecule has 0 atom stereocenters. The van der Waals surface area contributed by atoms with Crippen LogP contribution in [0.1, 0.15) is 68.8 Å². The molecule has 8 heteroatoms. The summed E-state index contributed by atoms with van der Waals surface area (Å²) in [6.07, 6.45) is 4.38. The molecule has 1 aliphatic carbocycles. The van der Waals surface area contributed by atoms with E-state index in [9.17, 15) is 14.7 Å². The fourth-order valence-corrected chi connectivity index (χ4v) is 5.56. The standard InChI is InChI=1S/C30H40N4O4/c1-30(2,3)23-12-14-24(15-13-23)34(29-32-25-6-4-5-7-26(25)33(29)18-19-35)20-21-8-10-22(11-9-21)28(38)31-17-16-27(36)37/h4-11,23-24,35H,12-20H2,1-3H3,(H,31,38)(H,36,37). The number of carbonyl (C=O) groups is 2. The number of para-hydroxylation sites is 2. The van der Waals surface area contributed by atoms with E-state index in [1.807, 2.05) is 36.4 Å². The van der Waals surface area contributed by atoms with Gasteiger partial charge in [0.25, 0.3) is 5.91 Å². The second kappa shape index (κ2) is 12.0. The number of aliphatic hydroxyl groups excluding tert-OH is 1. The Hall–Kier alpha value is -3.39. The minimum absolute atomic E-state index is 0.0314. The number of nitrogens with one attached hydrogen (secondary N) is 1. The summed E-state index contributed by atoms with van der Waals surface area (Å²) in [7, 11) is 0. The lowest BCUT2D eigenvalue weighted by molar-refractivity contribution is -0.136. The van der Waals surface area contributed by atoms with Crippen molar-refractivity contribution in [1.82, 2.24) is 14.9 Å². The molecule has 1 saturated carbocycles. The van der Waals surface area contributed by atoms with Crippen molar-refractivity contribution >= 4 is 28.9 Å². The Morgan fingerprint density at radius 3 is 2.37 bits per heavy atom. The van der Waals surface area contributed by atoms with Crippen LogP contribution in [0.3, 0.4) is 0 Å². The first-order chi connectivity index (χ1) is 18.2. The topological polar surface area (TPSA) is 108 Å². The van der Waals surface area contributed by atoms with E-state index in [1.165, 1.54) is 12.8 Å². The highest BCUT2D eigenvalue weighted by Crippen LogP contribution is 2.40. The van der Waals surface area contributed by atoms with E-state index in [0.717, 1.165) is 35.4 Å². The number of anilines is 1. The largest absolute Gasteiger partial charge is 0.481 e. The van der Waals surface area contributed by atoms with Gasteiger partial charge in [-0.1, -0.05) is 45.0 Å². The second-order valence-corrected chi connectivity index (χ2v) is 11.4. The van der Waals surface area contributed by atoms with Crippen LogP contribution in [0.2, 0.25) is 0 Å². The molecule has 0 aliphatic heterocycles. The van der Waals surface area contributed by atoms with Crippen LogP contribution in [0.25, 0.3) is 11.0 Å². The van der Waals surface area contributed by atoms with Crippen molar-refractivity contribution < 1.29 is 19.8 Å². The lowest BCUT2D eigenvalue weighted by Gasteiger charge is -2.41. The molecule has 1 heterocycles. The summed E-state index contributed by atoms with van der Waals surface area (Å²) in [5.41, 5.74) is 3.79. The highest BCUT2D eigenvalue weighted by atomic mass is 16.4. The van der Waals surface area contributed by atoms with Crippen molar-refractivity contribution in [3.8, 4) is 0 Å². The summed E-state index contributed by atoms with van der Waals surface area (Å²) in [4.78, 5) is 30.5. The van der Waals surface area contributed by atoms with Gasteiger partial charge in [0, 0.05) is 31.2 Å². The third-order valence-electron chi connectivity index (χ3n) is 7.77. The van der Waals surface area contributed by atoms with Crippen molar-refractivity contribution in [2.75, 3.05) is 18.1 Å². The van der Waals surface area contributed by atoms with E-state index in [-0.39, 0.29) is 25.5 Å². The number of nitrogens with zero attached hydrogens (tertiary/aromatic N) is 3. The number of fused-ring (bicyclic) bond motifs is 1. The van der Waals surface area contributed by atoms with Crippen LogP contribution in [0.15, 0.2) is 48.5 Å². The van der Waals surface area contributed by atoms with E-state index < -0.39 is 5.97 Å². The van der Waals surface area contributed by atoms with Gasteiger partial charge in [-0.15, -0.1) is 0 Å². The number of aromatic nitrogens is 2. The highest BCUT2D eigenvalue weighted by molar-refractivity contribution is 5.94. The van der Waals surface area contributed by atoms with E-state index >= 15 is 0 Å². The molecule has 1 amide bonds. The number of aliphatic hydroxyl groups is 1. The van der Waals surface area contributed by atoms with E-state index in [1.54, 1.807) is 12.1 Å². The Morgan fingerprint density at radius 2 is 1.74 bits per heavy atom. The Labute approximate surface area is 224 Å². The number of carboxylic acids is 1. The molecular weight excluding hydrogens is 480 g/mol. The second-order valence-electron chi connectivity index (χ2n) is 11.4. The van der Waals surface area contributed by atoms with Crippen molar-refractivity contribution in [1.29, 1.82) is 0 Å². The lowest BCUT2D eigenvalue weighted by Crippen LogP contribution is -2.41. The Bertz CT molecular complexity index is 1240. The average Bonchev–Trinajstić information content (AvgIpc) is 3.25. The molecule has 0 unspecified atom stereocenters. The first-order valence-electron chi connectivity index (χ1n) is 13.6. The van der Waals surface area contributed by atoms with Crippen molar-refractivity contribution in [2.24, 2.45) is 11.3 Å². The van der Waals surface area contributed by atoms with Crippen molar-refractivity contribution in [3.63, 3.8) is 0 Å². The number of benzene rings is 2. The van der Waals surface area contributed by atoms with Crippen LogP contribution in [-0.4, -0.2) is 50.8 Å². The van der Waals surface area contributed by atoms with Gasteiger partial charge in [-0.05, 0) is 66.8 Å². The van der Waals surface area contributed by atoms with Crippen LogP contribution in [-0.2, 0) is 17.9 Å². The molecule has 4 rings (SSSR count). The maximum atomic E-state index is 12.4. The number of aliphatic carboxylic acids is 1. The smallest absolute Gasteiger partial charge is 0.305 e. The van der Waals surface area contributed by atoms with Gasteiger partial charge in [0.15, 0.2) is 0 Å². The summed E-state index contributed by atoms with van der Waals surface area (Å²) in [5, 5.41) is 21.3. The minimum Gasteiger partial charge on any atom is -0.481 e. The molecule has 8 nitrogen and oxygen atoms in total. The van der Waals surface area contributed by atoms with Gasteiger partial charge in [0.2, 0.25) is 5.95 Å². The van der Waals surface area contributed by atoms with Gasteiger partial charge in [-0.3, -0.25) is 9.59 Å². The van der Waals surface area contributed by atoms with Crippen LogP contribution < -0.4 is 10.2 Å². The number of rotatable bonds is 10. The van der Waals surface area contributed by atoms with Gasteiger partial charge < -0.3 is 25.0 Å². The number of carboxylic acid groups (broad SMARTS) is 1. The molecule has 0 saturated heterocycles. The molecule has 38 heavy (non-hydrogen) atoms. The van der Waals surface area contributed by atoms with Gasteiger partial charge in [0.1, 0.15) is 0 Å². The summed E-state index contributed by atoms with van der Waals surface area (Å²) in [6, 6.07) is 15.9. The monoisotopic (exact) mass is 520 g/mol. The molecule has 2 aromatic carbocycles. The minimum atomic E-state index is -0.940. The number of hydrogen-bond donors (Lipinski definition) is 3. The summed E-state index contributed by atoms with van der Waals surface area (Å²) >= 11 is 0. The summed E-state index contributed by atoms with van der Waals surface area (Å²) in [6.45, 7) is 8.23. The molecule has 0 spiro atoms. The Balaban J connectivity index is 1.60. The van der Waals surface area contributed by atoms with E-state index in [2.05, 4.69) is 35.6 Å². The maximum Gasteiger partial charge on any atom is 0.305 e. The SMILES string of the molecule is CC(C)(C)C1CCC(N(Cc2ccc(C(=O)NCCC(=O)O)cc2)c2nc3ccccc3n2CCO)CC1. The molecule has 204 valence electrons. The third-order valence-corrected chi connectivity index (χ3v) is 7.77. The highest BCUT2D eigenvalue weighted by Gasteiger charge is 2.33. The zero-order chi connectivity index (χ0) is 27.3. The zero-order valence-corrected chi connectivity index (χ0v) is 22.7. The Kier molecular flexibility index (Phi) is 8.72. The fourth-order valence-electron chi connectivity index (χ4n) is 5.56. The first kappa shape index (κ1) is 27.6. The van der Waals surface area contributed by atoms with Crippen LogP contribution in [0.4, 0.5) is 5.95 Å². The predicted molar refractivity (Wildman–Crippen MR) is 149 cm³/mol. The quantitative estimate of drug-likeness (QED) is 0.353. The summed E-state index contributed by atoms with van der Waals surface area (Å²) < 4.78 is 2.12. The lowest BCUT2D eigenvalue weighted by atomic mass is 9.71. The van der Waals surface area contributed by atoms with Gasteiger partial charge in [0.05, 0.1) is 24.1 Å². The van der Waals surface area contributed by atoms with Crippen LogP contribution in [0, 0.1) is 11.3 Å². The normalized spacial score (nSPS) is 17.9. The van der Waals surface area contributed by atoms with Gasteiger partial charge in [-0.25, -0.2) is 4.98 Å². The zero-order valence-electron chi connectivity index (χ0n) is 22.7. The maximum absolute atomic E-state index is 12.4. The molecule has 3 N–H and O–H groups in total. The number of carbonyl (C=O) groups excluding carboxylic acids is 1. The third kappa shape index (κ3) is 6.54. The molecule has 0 radical (unpaired) electrons. The first-order valence-corrected chi connectivity index (χ1v) is 13.6. The molecule has 1 fully saturated rings. The predicted octanol–water partition coefficient (Wildman–Crippen LogP) is 4.84. The molecule has 3 aromatic rings. The number of imidazole rings is 1. The molecule has 0 bridgehead atoms.